The molecule has 2 rings (SSSR count). The molecule has 0 atom stereocenters. The zero-order valence-electron chi connectivity index (χ0n) is 15.5. The molecule has 0 radical (unpaired) electrons. The lowest BCUT2D eigenvalue weighted by molar-refractivity contribution is -0.111. The first-order valence-corrected chi connectivity index (χ1v) is 9.28. The van der Waals surface area contributed by atoms with Crippen molar-refractivity contribution >= 4 is 39.6 Å². The van der Waals surface area contributed by atoms with Gasteiger partial charge in [0.05, 0.1) is 23.8 Å². The van der Waals surface area contributed by atoms with Gasteiger partial charge in [0, 0.05) is 11.8 Å². The third kappa shape index (κ3) is 6.57. The van der Waals surface area contributed by atoms with Crippen molar-refractivity contribution in [3.63, 3.8) is 0 Å². The Bertz CT molecular complexity index is 829. The summed E-state index contributed by atoms with van der Waals surface area (Å²) in [5.74, 6) is 0.373. The summed E-state index contributed by atoms with van der Waals surface area (Å²) in [5, 5.41) is 2.75. The summed E-state index contributed by atoms with van der Waals surface area (Å²) in [6.45, 7) is 4.33. The smallest absolute Gasteiger partial charge is 0.338 e. The number of methoxy groups -OCH3 is 1. The topological polar surface area (TPSA) is 64.6 Å². The number of amides is 1. The number of benzene rings is 2. The van der Waals surface area contributed by atoms with Crippen LogP contribution in [0.4, 0.5) is 5.69 Å². The molecule has 1 N–H and O–H groups in total. The van der Waals surface area contributed by atoms with Gasteiger partial charge in [0.25, 0.3) is 0 Å². The number of rotatable bonds is 7. The van der Waals surface area contributed by atoms with Crippen LogP contribution < -0.4 is 10.1 Å². The lowest BCUT2D eigenvalue weighted by Crippen LogP contribution is -2.11. The molecule has 142 valence electrons. The minimum Gasteiger partial charge on any atom is -0.496 e. The Morgan fingerprint density at radius 1 is 1.15 bits per heavy atom. The standard InChI is InChI=1S/C21H22BrNO4/c1-14(2)13-27-21(25)16-6-8-17(9-7-16)23-20(24)11-5-15-4-10-19(26-3)18(22)12-15/h4-12,14H,13H2,1-3H3,(H,23,24). The van der Waals surface area contributed by atoms with E-state index in [1.807, 2.05) is 32.0 Å². The molecule has 0 aliphatic rings. The monoisotopic (exact) mass is 431 g/mol. The SMILES string of the molecule is COc1ccc(C=CC(=O)Nc2ccc(C(=O)OCC(C)C)cc2)cc1Br. The highest BCUT2D eigenvalue weighted by atomic mass is 79.9. The van der Waals surface area contributed by atoms with Crippen LogP contribution >= 0.6 is 15.9 Å². The average Bonchev–Trinajstić information content (AvgIpc) is 2.65. The fourth-order valence-electron chi connectivity index (χ4n) is 2.16. The van der Waals surface area contributed by atoms with Gasteiger partial charge in [0.2, 0.25) is 5.91 Å². The Kier molecular flexibility index (Phi) is 7.61. The van der Waals surface area contributed by atoms with E-state index >= 15 is 0 Å². The second-order valence-corrected chi connectivity index (χ2v) is 7.14. The molecule has 0 saturated carbocycles. The van der Waals surface area contributed by atoms with E-state index in [0.717, 1.165) is 15.8 Å². The molecule has 0 unspecified atom stereocenters. The normalized spacial score (nSPS) is 10.9. The van der Waals surface area contributed by atoms with Crippen LogP contribution in [0.2, 0.25) is 0 Å². The Balaban J connectivity index is 1.93. The number of carbonyl (C=O) groups is 2. The summed E-state index contributed by atoms with van der Waals surface area (Å²) < 4.78 is 11.2. The van der Waals surface area contributed by atoms with Gasteiger partial charge in [0.15, 0.2) is 0 Å². The third-order valence-corrected chi connectivity index (χ3v) is 4.16. The summed E-state index contributed by atoms with van der Waals surface area (Å²) in [7, 11) is 1.60. The molecule has 0 aliphatic carbocycles. The third-order valence-electron chi connectivity index (χ3n) is 3.54. The van der Waals surface area contributed by atoms with E-state index in [1.165, 1.54) is 6.08 Å². The van der Waals surface area contributed by atoms with E-state index < -0.39 is 0 Å². The first-order chi connectivity index (χ1) is 12.9. The molecule has 2 aromatic rings. The summed E-state index contributed by atoms with van der Waals surface area (Å²) in [4.78, 5) is 23.9. The van der Waals surface area contributed by atoms with Crippen molar-refractivity contribution in [2.45, 2.75) is 13.8 Å². The van der Waals surface area contributed by atoms with Gasteiger partial charge in [0.1, 0.15) is 5.75 Å². The molecular formula is C21H22BrNO4. The number of carbonyl (C=O) groups excluding carboxylic acids is 2. The Hall–Kier alpha value is -2.60. The van der Waals surface area contributed by atoms with E-state index in [1.54, 1.807) is 37.5 Å². The summed E-state index contributed by atoms with van der Waals surface area (Å²) in [5.41, 5.74) is 1.91. The highest BCUT2D eigenvalue weighted by Gasteiger charge is 2.08. The Morgan fingerprint density at radius 3 is 2.44 bits per heavy atom. The average molecular weight is 432 g/mol. The van der Waals surface area contributed by atoms with Crippen LogP contribution in [0.1, 0.15) is 29.8 Å². The van der Waals surface area contributed by atoms with Crippen molar-refractivity contribution in [2.75, 3.05) is 19.0 Å². The highest BCUT2D eigenvalue weighted by molar-refractivity contribution is 9.10. The van der Waals surface area contributed by atoms with Gasteiger partial charge in [-0.3, -0.25) is 4.79 Å². The number of hydrogen-bond acceptors (Lipinski definition) is 4. The van der Waals surface area contributed by atoms with Crippen molar-refractivity contribution in [2.24, 2.45) is 5.92 Å². The number of esters is 1. The lowest BCUT2D eigenvalue weighted by atomic mass is 10.2. The van der Waals surface area contributed by atoms with Crippen LogP contribution in [-0.4, -0.2) is 25.6 Å². The maximum Gasteiger partial charge on any atom is 0.338 e. The van der Waals surface area contributed by atoms with Gasteiger partial charge < -0.3 is 14.8 Å². The minimum atomic E-state index is -0.369. The number of ether oxygens (including phenoxy) is 2. The van der Waals surface area contributed by atoms with Crippen molar-refractivity contribution < 1.29 is 19.1 Å². The van der Waals surface area contributed by atoms with Crippen LogP contribution in [0.25, 0.3) is 6.08 Å². The molecule has 0 fully saturated rings. The van der Waals surface area contributed by atoms with Gasteiger partial charge in [-0.25, -0.2) is 4.79 Å². The van der Waals surface area contributed by atoms with E-state index in [-0.39, 0.29) is 17.8 Å². The number of hydrogen-bond donors (Lipinski definition) is 1. The quantitative estimate of drug-likeness (QED) is 0.498. The zero-order valence-corrected chi connectivity index (χ0v) is 17.1. The van der Waals surface area contributed by atoms with Crippen LogP contribution in [0, 0.1) is 5.92 Å². The first kappa shape index (κ1) is 20.7. The predicted octanol–water partition coefficient (Wildman–Crippen LogP) is 4.92. The minimum absolute atomic E-state index is 0.267. The molecule has 2 aromatic carbocycles. The maximum atomic E-state index is 12.1. The van der Waals surface area contributed by atoms with E-state index in [0.29, 0.717) is 17.9 Å². The first-order valence-electron chi connectivity index (χ1n) is 8.49. The maximum absolute atomic E-state index is 12.1. The number of nitrogens with one attached hydrogen (secondary N) is 1. The Morgan fingerprint density at radius 2 is 1.85 bits per heavy atom. The van der Waals surface area contributed by atoms with Crippen molar-refractivity contribution in [1.82, 2.24) is 0 Å². The van der Waals surface area contributed by atoms with Gasteiger partial charge in [-0.1, -0.05) is 19.9 Å². The van der Waals surface area contributed by atoms with Crippen LogP contribution in [-0.2, 0) is 9.53 Å². The second kappa shape index (κ2) is 9.92. The number of halogens is 1. The van der Waals surface area contributed by atoms with Gasteiger partial charge >= 0.3 is 5.97 Å². The molecule has 0 bridgehead atoms. The van der Waals surface area contributed by atoms with Gasteiger partial charge in [-0.05, 0) is 69.9 Å². The lowest BCUT2D eigenvalue weighted by Gasteiger charge is -2.08. The molecule has 1 amide bonds. The van der Waals surface area contributed by atoms with E-state index in [2.05, 4.69) is 21.2 Å². The van der Waals surface area contributed by atoms with Crippen molar-refractivity contribution in [3.05, 3.63) is 64.1 Å². The largest absolute Gasteiger partial charge is 0.496 e. The summed E-state index contributed by atoms with van der Waals surface area (Å²) in [6.07, 6.45) is 3.15. The molecule has 0 heterocycles. The molecule has 27 heavy (non-hydrogen) atoms. The van der Waals surface area contributed by atoms with Gasteiger partial charge in [-0.15, -0.1) is 0 Å². The molecule has 0 aromatic heterocycles. The molecule has 0 saturated heterocycles. The van der Waals surface area contributed by atoms with Gasteiger partial charge in [-0.2, -0.15) is 0 Å². The highest BCUT2D eigenvalue weighted by Crippen LogP contribution is 2.26. The van der Waals surface area contributed by atoms with Crippen LogP contribution in [0.5, 0.6) is 5.75 Å². The molecule has 0 spiro atoms. The Labute approximate surface area is 167 Å². The zero-order chi connectivity index (χ0) is 19.8. The molecular weight excluding hydrogens is 410 g/mol. The van der Waals surface area contributed by atoms with Crippen LogP contribution in [0.3, 0.4) is 0 Å². The van der Waals surface area contributed by atoms with Crippen molar-refractivity contribution in [3.8, 4) is 5.75 Å². The molecule has 0 aliphatic heterocycles. The predicted molar refractivity (Wildman–Crippen MR) is 110 cm³/mol. The fraction of sp³-hybridized carbons (Fsp3) is 0.238. The van der Waals surface area contributed by atoms with E-state index in [9.17, 15) is 9.59 Å². The molecule has 6 heteroatoms. The molecule has 5 nitrogen and oxygen atoms in total. The van der Waals surface area contributed by atoms with Crippen LogP contribution in [0.15, 0.2) is 53.0 Å². The summed E-state index contributed by atoms with van der Waals surface area (Å²) in [6, 6.07) is 12.1. The fourth-order valence-corrected chi connectivity index (χ4v) is 2.72. The number of anilines is 1. The summed E-state index contributed by atoms with van der Waals surface area (Å²) >= 11 is 3.41. The van der Waals surface area contributed by atoms with E-state index in [4.69, 9.17) is 9.47 Å². The van der Waals surface area contributed by atoms with Crippen molar-refractivity contribution in [1.29, 1.82) is 0 Å². The second-order valence-electron chi connectivity index (χ2n) is 6.29.